The van der Waals surface area contributed by atoms with Crippen LogP contribution in [0.3, 0.4) is 0 Å². The highest BCUT2D eigenvalue weighted by Gasteiger charge is 2.67. The minimum Gasteiger partial charge on any atom is -0.358 e. The van der Waals surface area contributed by atoms with Crippen LogP contribution in [0.25, 0.3) is 17.8 Å². The van der Waals surface area contributed by atoms with Crippen molar-refractivity contribution >= 4 is 23.6 Å². The van der Waals surface area contributed by atoms with Gasteiger partial charge in [0.2, 0.25) is 5.78 Å². The minimum atomic E-state index is -0.00854. The van der Waals surface area contributed by atoms with Crippen molar-refractivity contribution in [2.45, 2.75) is 18.8 Å². The fourth-order valence-corrected chi connectivity index (χ4v) is 4.93. The van der Waals surface area contributed by atoms with Crippen LogP contribution in [0.2, 0.25) is 0 Å². The third kappa shape index (κ3) is 1.66. The molecule has 0 radical (unpaired) electrons. The molecule has 2 atom stereocenters. The fraction of sp³-hybridized carbons (Fsp3) is 0.227. The van der Waals surface area contributed by atoms with E-state index < -0.39 is 0 Å². The molecule has 4 nitrogen and oxygen atoms in total. The normalized spacial score (nSPS) is 25.3. The third-order valence-corrected chi connectivity index (χ3v) is 6.23. The number of aromatic nitrogens is 2. The summed E-state index contributed by atoms with van der Waals surface area (Å²) >= 11 is 0. The standard InChI is InChI=1S/C22H21N3O/c1-5-14-7-17(24-16(14)6-2)13(4)25-11-15-9-22(15)19(25)8-18(26)21-20(22)12(3)10-23-21/h5-8,10,15,23-24H,1-2,4,9,11H2,3H3. The number of ketones is 1. The van der Waals surface area contributed by atoms with Gasteiger partial charge in [-0.25, -0.2) is 0 Å². The molecule has 0 amide bonds. The van der Waals surface area contributed by atoms with Gasteiger partial charge in [-0.2, -0.15) is 0 Å². The Morgan fingerprint density at radius 2 is 2.19 bits per heavy atom. The number of nitrogens with zero attached hydrogens (tertiary/aromatic N) is 1. The van der Waals surface area contributed by atoms with E-state index in [0.717, 1.165) is 47.0 Å². The van der Waals surface area contributed by atoms with E-state index in [4.69, 9.17) is 0 Å². The molecule has 2 N–H and O–H groups in total. The van der Waals surface area contributed by atoms with Crippen LogP contribution < -0.4 is 0 Å². The summed E-state index contributed by atoms with van der Waals surface area (Å²) in [6.07, 6.45) is 8.48. The van der Waals surface area contributed by atoms with Crippen LogP contribution in [0, 0.1) is 12.8 Å². The Morgan fingerprint density at radius 3 is 2.88 bits per heavy atom. The zero-order valence-corrected chi connectivity index (χ0v) is 14.9. The monoisotopic (exact) mass is 343 g/mol. The summed E-state index contributed by atoms with van der Waals surface area (Å²) in [5.74, 6) is 0.601. The van der Waals surface area contributed by atoms with E-state index in [2.05, 4.69) is 41.5 Å². The first-order valence-corrected chi connectivity index (χ1v) is 8.91. The number of fused-ring (bicyclic) bond motifs is 1. The van der Waals surface area contributed by atoms with E-state index in [9.17, 15) is 4.79 Å². The van der Waals surface area contributed by atoms with Gasteiger partial charge in [0.15, 0.2) is 0 Å². The predicted octanol–water partition coefficient (Wildman–Crippen LogP) is 4.26. The lowest BCUT2D eigenvalue weighted by molar-refractivity contribution is 0.103. The molecular weight excluding hydrogens is 322 g/mol. The van der Waals surface area contributed by atoms with E-state index in [1.54, 1.807) is 6.08 Å². The number of likely N-dealkylation sites (tertiary alicyclic amines) is 1. The Labute approximate surface area is 152 Å². The van der Waals surface area contributed by atoms with Crippen LogP contribution in [0.5, 0.6) is 0 Å². The number of piperidine rings is 1. The summed E-state index contributed by atoms with van der Waals surface area (Å²) in [5.41, 5.74) is 8.01. The Hall–Kier alpha value is -3.01. The number of nitrogens with one attached hydrogen (secondary N) is 2. The maximum atomic E-state index is 12.7. The summed E-state index contributed by atoms with van der Waals surface area (Å²) in [6, 6.07) is 2.04. The molecule has 3 aliphatic rings. The number of hydrogen-bond acceptors (Lipinski definition) is 2. The van der Waals surface area contributed by atoms with E-state index >= 15 is 0 Å². The van der Waals surface area contributed by atoms with Crippen LogP contribution in [0.15, 0.2) is 43.8 Å². The van der Waals surface area contributed by atoms with Gasteiger partial charge in [0.05, 0.1) is 17.1 Å². The molecule has 1 saturated carbocycles. The molecule has 4 heteroatoms. The quantitative estimate of drug-likeness (QED) is 0.871. The lowest BCUT2D eigenvalue weighted by Gasteiger charge is -2.30. The van der Waals surface area contributed by atoms with Crippen LogP contribution in [0.1, 0.15) is 45.0 Å². The second-order valence-electron chi connectivity index (χ2n) is 7.51. The Kier molecular flexibility index (Phi) is 2.81. The Balaban J connectivity index is 1.58. The van der Waals surface area contributed by atoms with Gasteiger partial charge in [-0.15, -0.1) is 0 Å². The molecule has 5 rings (SSSR count). The van der Waals surface area contributed by atoms with Crippen LogP contribution in [0.4, 0.5) is 0 Å². The van der Waals surface area contributed by atoms with E-state index in [-0.39, 0.29) is 11.2 Å². The average Bonchev–Trinajstić information content (AvgIpc) is 2.96. The molecule has 1 spiro atoms. The van der Waals surface area contributed by atoms with Gasteiger partial charge in [0.1, 0.15) is 0 Å². The number of H-pyrrole nitrogens is 2. The number of hydrogen-bond donors (Lipinski definition) is 2. The van der Waals surface area contributed by atoms with Gasteiger partial charge >= 0.3 is 0 Å². The molecule has 3 heterocycles. The third-order valence-electron chi connectivity index (χ3n) is 6.23. The molecule has 2 aliphatic carbocycles. The van der Waals surface area contributed by atoms with Gasteiger partial charge in [-0.05, 0) is 48.1 Å². The molecule has 0 aromatic carbocycles. The largest absolute Gasteiger partial charge is 0.358 e. The van der Waals surface area contributed by atoms with E-state index in [1.165, 1.54) is 11.1 Å². The molecule has 26 heavy (non-hydrogen) atoms. The lowest BCUT2D eigenvalue weighted by Crippen LogP contribution is -2.28. The summed E-state index contributed by atoms with van der Waals surface area (Å²) in [6.45, 7) is 15.0. The topological polar surface area (TPSA) is 51.9 Å². The minimum absolute atomic E-state index is 0.00854. The van der Waals surface area contributed by atoms with Gasteiger partial charge in [-0.3, -0.25) is 4.79 Å². The Morgan fingerprint density at radius 1 is 1.38 bits per heavy atom. The van der Waals surface area contributed by atoms with Gasteiger partial charge < -0.3 is 14.9 Å². The number of rotatable bonds is 4. The van der Waals surface area contributed by atoms with Crippen molar-refractivity contribution in [3.8, 4) is 0 Å². The van der Waals surface area contributed by atoms with E-state index in [1.807, 2.05) is 24.4 Å². The van der Waals surface area contributed by atoms with Crippen LogP contribution in [-0.4, -0.2) is 27.2 Å². The molecular formula is C22H21N3O. The maximum absolute atomic E-state index is 12.7. The molecule has 2 aromatic rings. The lowest BCUT2D eigenvalue weighted by atomic mass is 9.83. The highest BCUT2D eigenvalue weighted by Crippen LogP contribution is 2.68. The predicted molar refractivity (Wildman–Crippen MR) is 104 cm³/mol. The summed E-state index contributed by atoms with van der Waals surface area (Å²) in [7, 11) is 0. The zero-order valence-electron chi connectivity index (χ0n) is 14.9. The highest BCUT2D eigenvalue weighted by molar-refractivity contribution is 6.08. The molecule has 2 unspecified atom stereocenters. The van der Waals surface area contributed by atoms with Gasteiger partial charge in [0, 0.05) is 35.6 Å². The van der Waals surface area contributed by atoms with Crippen molar-refractivity contribution in [3.63, 3.8) is 0 Å². The second-order valence-corrected chi connectivity index (χ2v) is 7.51. The number of allylic oxidation sites excluding steroid dienone is 2. The number of carbonyl (C=O) groups excluding carboxylic acids is 1. The summed E-state index contributed by atoms with van der Waals surface area (Å²) < 4.78 is 0. The first-order chi connectivity index (χ1) is 12.5. The highest BCUT2D eigenvalue weighted by atomic mass is 16.1. The van der Waals surface area contributed by atoms with E-state index in [0.29, 0.717) is 5.92 Å². The SMILES string of the molecule is C=Cc1cc(C(=C)N2CC3CC34C2=CC(=O)c2[nH]cc(C)c24)[nH]c1C=C. The maximum Gasteiger partial charge on any atom is 0.204 e. The first-order valence-electron chi connectivity index (χ1n) is 8.91. The van der Waals surface area contributed by atoms with Crippen molar-refractivity contribution < 1.29 is 4.79 Å². The number of carbonyl (C=O) groups is 1. The van der Waals surface area contributed by atoms with Gasteiger partial charge in [-0.1, -0.05) is 25.8 Å². The fourth-order valence-electron chi connectivity index (χ4n) is 4.93. The molecule has 2 aromatic heterocycles. The zero-order chi connectivity index (χ0) is 18.2. The van der Waals surface area contributed by atoms with Crippen molar-refractivity contribution in [2.24, 2.45) is 5.92 Å². The average molecular weight is 343 g/mol. The smallest absolute Gasteiger partial charge is 0.204 e. The van der Waals surface area contributed by atoms with Crippen molar-refractivity contribution in [2.75, 3.05) is 6.54 Å². The molecule has 130 valence electrons. The van der Waals surface area contributed by atoms with Crippen LogP contribution in [-0.2, 0) is 5.41 Å². The summed E-state index contributed by atoms with van der Waals surface area (Å²) in [5, 5.41) is 0. The molecule has 1 aliphatic heterocycles. The van der Waals surface area contributed by atoms with Gasteiger partial charge in [0.25, 0.3) is 0 Å². The van der Waals surface area contributed by atoms with Crippen molar-refractivity contribution in [1.29, 1.82) is 0 Å². The molecule has 2 fully saturated rings. The first kappa shape index (κ1) is 15.3. The molecule has 0 bridgehead atoms. The van der Waals surface area contributed by atoms with Crippen molar-refractivity contribution in [3.05, 3.63) is 77.5 Å². The van der Waals surface area contributed by atoms with Crippen LogP contribution >= 0.6 is 0 Å². The second kappa shape index (κ2) is 4.79. The number of aryl methyl sites for hydroxylation is 1. The Bertz CT molecular complexity index is 1020. The molecule has 1 saturated heterocycles. The summed E-state index contributed by atoms with van der Waals surface area (Å²) in [4.78, 5) is 21.4. The van der Waals surface area contributed by atoms with Crippen molar-refractivity contribution in [1.82, 2.24) is 14.9 Å². The number of aromatic amines is 2.